The Morgan fingerprint density at radius 2 is 1.66 bits per heavy atom. The molecule has 0 spiro atoms. The van der Waals surface area contributed by atoms with Gasteiger partial charge in [0, 0.05) is 26.2 Å². The number of nitrogens with zero attached hydrogens (tertiary/aromatic N) is 5. The van der Waals surface area contributed by atoms with E-state index >= 15 is 0 Å². The Balaban J connectivity index is 1.65. The van der Waals surface area contributed by atoms with Gasteiger partial charge in [0.25, 0.3) is 0 Å². The second-order valence-corrected chi connectivity index (χ2v) is 7.38. The van der Waals surface area contributed by atoms with Crippen LogP contribution in [0.3, 0.4) is 0 Å². The van der Waals surface area contributed by atoms with Gasteiger partial charge in [-0.25, -0.2) is 9.97 Å². The lowest BCUT2D eigenvalue weighted by Gasteiger charge is -2.38. The van der Waals surface area contributed by atoms with Crippen molar-refractivity contribution in [2.45, 2.75) is 12.8 Å². The highest BCUT2D eigenvalue weighted by atomic mass is 16.5. The number of para-hydroxylation sites is 4. The first-order valence-electron chi connectivity index (χ1n) is 10.6. The standard InChI is InChI=1S/C24H25N5O3/c1-3-32-21-11-7-6-10-20(21)28-12-14-29(15-13-28)23-22(17(16-25)24(30)31-2)26-18-8-4-5-9-19(18)27-23/h4-11,17H,3,12-15H2,1-2H3/t17-/m0/s1. The Morgan fingerprint density at radius 3 is 2.31 bits per heavy atom. The van der Waals surface area contributed by atoms with Crippen molar-refractivity contribution in [3.63, 3.8) is 0 Å². The third kappa shape index (κ3) is 4.14. The first kappa shape index (κ1) is 21.4. The monoisotopic (exact) mass is 431 g/mol. The van der Waals surface area contributed by atoms with E-state index in [-0.39, 0.29) is 0 Å². The summed E-state index contributed by atoms with van der Waals surface area (Å²) in [5.41, 5.74) is 2.75. The average Bonchev–Trinajstić information content (AvgIpc) is 2.84. The van der Waals surface area contributed by atoms with Crippen molar-refractivity contribution >= 4 is 28.5 Å². The number of benzene rings is 2. The lowest BCUT2D eigenvalue weighted by Crippen LogP contribution is -2.47. The fourth-order valence-electron chi connectivity index (χ4n) is 3.93. The summed E-state index contributed by atoms with van der Waals surface area (Å²) in [6.45, 7) is 5.40. The predicted molar refractivity (Wildman–Crippen MR) is 122 cm³/mol. The average molecular weight is 431 g/mol. The largest absolute Gasteiger partial charge is 0.492 e. The van der Waals surface area contributed by atoms with Gasteiger partial charge in [0.1, 0.15) is 11.4 Å². The van der Waals surface area contributed by atoms with Crippen LogP contribution in [0.1, 0.15) is 18.5 Å². The Bertz CT molecular complexity index is 1150. The first-order chi connectivity index (χ1) is 15.7. The smallest absolute Gasteiger partial charge is 0.329 e. The van der Waals surface area contributed by atoms with Crippen LogP contribution in [0, 0.1) is 11.3 Å². The van der Waals surface area contributed by atoms with Crippen LogP contribution in [0.2, 0.25) is 0 Å². The second-order valence-electron chi connectivity index (χ2n) is 7.38. The van der Waals surface area contributed by atoms with Crippen LogP contribution in [-0.4, -0.2) is 55.8 Å². The molecule has 1 aliphatic rings. The van der Waals surface area contributed by atoms with Crippen LogP contribution in [0.4, 0.5) is 11.5 Å². The van der Waals surface area contributed by atoms with Crippen molar-refractivity contribution < 1.29 is 14.3 Å². The molecule has 0 N–H and O–H groups in total. The highest BCUT2D eigenvalue weighted by molar-refractivity contribution is 5.85. The van der Waals surface area contributed by atoms with Gasteiger partial charge < -0.3 is 19.3 Å². The zero-order valence-corrected chi connectivity index (χ0v) is 18.2. The van der Waals surface area contributed by atoms with Crippen LogP contribution in [0.15, 0.2) is 48.5 Å². The Kier molecular flexibility index (Phi) is 6.36. The number of hydrogen-bond acceptors (Lipinski definition) is 8. The molecule has 0 radical (unpaired) electrons. The number of nitriles is 1. The van der Waals surface area contributed by atoms with E-state index in [1.54, 1.807) is 0 Å². The molecule has 0 aliphatic carbocycles. The summed E-state index contributed by atoms with van der Waals surface area (Å²) < 4.78 is 10.6. The van der Waals surface area contributed by atoms with Gasteiger partial charge in [-0.3, -0.25) is 4.79 Å². The minimum atomic E-state index is -1.14. The molecule has 1 aromatic heterocycles. The van der Waals surface area contributed by atoms with E-state index in [0.29, 0.717) is 36.7 Å². The number of fused-ring (bicyclic) bond motifs is 1. The summed E-state index contributed by atoms with van der Waals surface area (Å²) in [5, 5.41) is 9.69. The van der Waals surface area contributed by atoms with Gasteiger partial charge in [-0.05, 0) is 31.2 Å². The molecule has 0 bridgehead atoms. The molecule has 2 aromatic carbocycles. The summed E-state index contributed by atoms with van der Waals surface area (Å²) >= 11 is 0. The molecule has 32 heavy (non-hydrogen) atoms. The van der Waals surface area contributed by atoms with Crippen LogP contribution in [0.25, 0.3) is 11.0 Å². The summed E-state index contributed by atoms with van der Waals surface area (Å²) in [6.07, 6.45) is 0. The molecule has 2 heterocycles. The van der Waals surface area contributed by atoms with E-state index in [1.807, 2.05) is 55.5 Å². The number of carbonyl (C=O) groups excluding carboxylic acids is 1. The molecule has 3 aromatic rings. The number of methoxy groups -OCH3 is 1. The normalized spacial score (nSPS) is 14.7. The highest BCUT2D eigenvalue weighted by Gasteiger charge is 2.31. The van der Waals surface area contributed by atoms with Gasteiger partial charge in [-0.15, -0.1) is 0 Å². The number of rotatable bonds is 6. The van der Waals surface area contributed by atoms with Gasteiger partial charge in [-0.2, -0.15) is 5.26 Å². The zero-order valence-electron chi connectivity index (χ0n) is 18.2. The minimum Gasteiger partial charge on any atom is -0.492 e. The van der Waals surface area contributed by atoms with E-state index in [0.717, 1.165) is 30.0 Å². The lowest BCUT2D eigenvalue weighted by atomic mass is 10.1. The number of carbonyl (C=O) groups is 1. The van der Waals surface area contributed by atoms with Crippen molar-refractivity contribution in [2.75, 3.05) is 49.7 Å². The summed E-state index contributed by atoms with van der Waals surface area (Å²) in [4.78, 5) is 26.1. The topological polar surface area (TPSA) is 91.6 Å². The third-order valence-electron chi connectivity index (χ3n) is 5.50. The maximum Gasteiger partial charge on any atom is 0.329 e. The number of ether oxygens (including phenoxy) is 2. The second kappa shape index (κ2) is 9.52. The van der Waals surface area contributed by atoms with Gasteiger partial charge in [-0.1, -0.05) is 24.3 Å². The van der Waals surface area contributed by atoms with Crippen LogP contribution >= 0.6 is 0 Å². The van der Waals surface area contributed by atoms with Crippen LogP contribution in [0.5, 0.6) is 5.75 Å². The van der Waals surface area contributed by atoms with Crippen molar-refractivity contribution in [3.8, 4) is 11.8 Å². The molecule has 1 fully saturated rings. The number of aromatic nitrogens is 2. The van der Waals surface area contributed by atoms with Gasteiger partial charge >= 0.3 is 5.97 Å². The molecular weight excluding hydrogens is 406 g/mol. The maximum atomic E-state index is 12.3. The Labute approximate surface area is 187 Å². The summed E-state index contributed by atoms with van der Waals surface area (Å²) in [6, 6.07) is 17.5. The molecule has 0 saturated carbocycles. The van der Waals surface area contributed by atoms with Gasteiger partial charge in [0.05, 0.1) is 36.5 Å². The zero-order chi connectivity index (χ0) is 22.5. The van der Waals surface area contributed by atoms with Crippen molar-refractivity contribution in [1.82, 2.24) is 9.97 Å². The molecule has 0 amide bonds. The van der Waals surface area contributed by atoms with Crippen molar-refractivity contribution in [1.29, 1.82) is 5.26 Å². The quantitative estimate of drug-likeness (QED) is 0.550. The molecular formula is C24H25N5O3. The Hall–Kier alpha value is -3.86. The number of piperazine rings is 1. The molecule has 8 heteroatoms. The highest BCUT2D eigenvalue weighted by Crippen LogP contribution is 2.32. The molecule has 8 nitrogen and oxygen atoms in total. The third-order valence-corrected chi connectivity index (χ3v) is 5.50. The van der Waals surface area contributed by atoms with E-state index in [1.165, 1.54) is 7.11 Å². The minimum absolute atomic E-state index is 0.334. The molecule has 1 saturated heterocycles. The summed E-state index contributed by atoms with van der Waals surface area (Å²) in [5.74, 6) is -0.352. The van der Waals surface area contributed by atoms with Gasteiger partial charge in [0.15, 0.2) is 11.7 Å². The SMILES string of the molecule is CCOc1ccccc1N1CCN(c2nc3ccccc3nc2[C@H](C#N)C(=O)OC)CC1. The Morgan fingerprint density at radius 1 is 1.03 bits per heavy atom. The van der Waals surface area contributed by atoms with E-state index in [9.17, 15) is 10.1 Å². The van der Waals surface area contributed by atoms with Gasteiger partial charge in [0.2, 0.25) is 0 Å². The fourth-order valence-corrected chi connectivity index (χ4v) is 3.93. The molecule has 0 unspecified atom stereocenters. The van der Waals surface area contributed by atoms with E-state index < -0.39 is 11.9 Å². The maximum absolute atomic E-state index is 12.3. The summed E-state index contributed by atoms with van der Waals surface area (Å²) in [7, 11) is 1.27. The fraction of sp³-hybridized carbons (Fsp3) is 0.333. The van der Waals surface area contributed by atoms with Crippen molar-refractivity contribution in [2.24, 2.45) is 0 Å². The molecule has 1 atom stereocenters. The van der Waals surface area contributed by atoms with E-state index in [4.69, 9.17) is 14.5 Å². The number of anilines is 2. The number of hydrogen-bond donors (Lipinski definition) is 0. The predicted octanol–water partition coefficient (Wildman–Crippen LogP) is 3.14. The van der Waals surface area contributed by atoms with Crippen LogP contribution < -0.4 is 14.5 Å². The van der Waals surface area contributed by atoms with Crippen molar-refractivity contribution in [3.05, 3.63) is 54.2 Å². The lowest BCUT2D eigenvalue weighted by molar-refractivity contribution is -0.141. The molecule has 4 rings (SSSR count). The molecule has 1 aliphatic heterocycles. The molecule has 164 valence electrons. The van der Waals surface area contributed by atoms with E-state index in [2.05, 4.69) is 20.9 Å². The number of esters is 1. The van der Waals surface area contributed by atoms with Crippen LogP contribution in [-0.2, 0) is 9.53 Å². The first-order valence-corrected chi connectivity index (χ1v) is 10.6.